The first kappa shape index (κ1) is 24.4. The summed E-state index contributed by atoms with van der Waals surface area (Å²) in [5.74, 6) is 1.31. The van der Waals surface area contributed by atoms with Crippen molar-refractivity contribution in [3.05, 3.63) is 130 Å². The van der Waals surface area contributed by atoms with E-state index in [9.17, 15) is 4.79 Å². The fourth-order valence-electron chi connectivity index (χ4n) is 3.83. The molecule has 4 rings (SSSR count). The number of hydrogen-bond acceptors (Lipinski definition) is 3. The molecule has 178 valence electrons. The Hall–Kier alpha value is -3.76. The van der Waals surface area contributed by atoms with Crippen molar-refractivity contribution in [2.24, 2.45) is 0 Å². The smallest absolute Gasteiger partial charge is 0.254 e. The minimum Gasteiger partial charge on any atom is -0.493 e. The second-order valence-electron chi connectivity index (χ2n) is 8.13. The van der Waals surface area contributed by atoms with Gasteiger partial charge in [0.1, 0.15) is 18.1 Å². The van der Waals surface area contributed by atoms with Crippen molar-refractivity contribution in [1.29, 1.82) is 0 Å². The molecule has 0 atom stereocenters. The summed E-state index contributed by atoms with van der Waals surface area (Å²) in [7, 11) is 0. The molecule has 4 aromatic carbocycles. The molecule has 0 aliphatic rings. The third-order valence-electron chi connectivity index (χ3n) is 5.52. The van der Waals surface area contributed by atoms with Gasteiger partial charge in [0, 0.05) is 29.2 Å². The number of hydrogen-bond donors (Lipinski definition) is 0. The average Bonchev–Trinajstić information content (AvgIpc) is 2.89. The molecule has 35 heavy (non-hydrogen) atoms. The summed E-state index contributed by atoms with van der Waals surface area (Å²) in [6.45, 7) is 3.73. The fourth-order valence-corrected chi connectivity index (χ4v) is 4.01. The number of halogens is 1. The predicted octanol–water partition coefficient (Wildman–Crippen LogP) is 7.16. The van der Waals surface area contributed by atoms with Gasteiger partial charge >= 0.3 is 0 Å². The molecule has 0 N–H and O–H groups in total. The number of ether oxygens (including phenoxy) is 2. The van der Waals surface area contributed by atoms with Crippen molar-refractivity contribution in [2.45, 2.75) is 26.6 Å². The molecule has 0 heterocycles. The summed E-state index contributed by atoms with van der Waals surface area (Å²) < 4.78 is 11.8. The van der Waals surface area contributed by atoms with Gasteiger partial charge in [0.05, 0.1) is 6.61 Å². The van der Waals surface area contributed by atoms with Crippen molar-refractivity contribution in [3.63, 3.8) is 0 Å². The lowest BCUT2D eigenvalue weighted by Crippen LogP contribution is -2.30. The summed E-state index contributed by atoms with van der Waals surface area (Å²) >= 11 is 6.09. The Morgan fingerprint density at radius 2 is 1.43 bits per heavy atom. The molecule has 0 saturated carbocycles. The monoisotopic (exact) mass is 485 g/mol. The zero-order valence-corrected chi connectivity index (χ0v) is 20.4. The Labute approximate surface area is 211 Å². The van der Waals surface area contributed by atoms with Gasteiger partial charge in [-0.25, -0.2) is 0 Å². The molecule has 5 heteroatoms. The van der Waals surface area contributed by atoms with E-state index in [1.165, 1.54) is 0 Å². The molecule has 0 saturated heterocycles. The van der Waals surface area contributed by atoms with E-state index < -0.39 is 0 Å². The molecule has 0 aliphatic heterocycles. The highest BCUT2D eigenvalue weighted by atomic mass is 35.5. The van der Waals surface area contributed by atoms with E-state index in [1.54, 1.807) is 12.1 Å². The summed E-state index contributed by atoms with van der Waals surface area (Å²) in [5, 5.41) is 0.605. The molecule has 0 aliphatic carbocycles. The molecular formula is C30H28ClNO3. The zero-order chi connectivity index (χ0) is 24.5. The van der Waals surface area contributed by atoms with E-state index >= 15 is 0 Å². The van der Waals surface area contributed by atoms with Crippen molar-refractivity contribution in [3.8, 4) is 11.5 Å². The quantitative estimate of drug-likeness (QED) is 0.239. The van der Waals surface area contributed by atoms with Gasteiger partial charge in [0.2, 0.25) is 0 Å². The van der Waals surface area contributed by atoms with Crippen LogP contribution in [0.4, 0.5) is 0 Å². The van der Waals surface area contributed by atoms with Crippen LogP contribution in [0, 0.1) is 0 Å². The molecule has 0 unspecified atom stereocenters. The minimum absolute atomic E-state index is 0.0511. The lowest BCUT2D eigenvalue weighted by Gasteiger charge is -2.24. The standard InChI is InChI=1S/C30H28ClNO3/c1-2-34-29-17-16-25(18-26(29)22-35-28-15-9-14-27(31)19-28)30(33)32(20-23-10-5-3-6-11-23)21-24-12-7-4-8-13-24/h3-19H,2,20-22H2,1H3. The maximum Gasteiger partial charge on any atom is 0.254 e. The van der Waals surface area contributed by atoms with E-state index in [4.69, 9.17) is 21.1 Å². The Bertz CT molecular complexity index is 1200. The van der Waals surface area contributed by atoms with E-state index in [0.717, 1.165) is 16.7 Å². The molecule has 0 bridgehead atoms. The number of rotatable bonds is 10. The van der Waals surface area contributed by atoms with Gasteiger partial charge in [-0.15, -0.1) is 0 Å². The maximum atomic E-state index is 13.7. The third kappa shape index (κ3) is 6.87. The van der Waals surface area contributed by atoms with E-state index in [0.29, 0.717) is 41.8 Å². The largest absolute Gasteiger partial charge is 0.493 e. The number of carbonyl (C=O) groups is 1. The first-order valence-electron chi connectivity index (χ1n) is 11.6. The molecule has 0 spiro atoms. The second kappa shape index (κ2) is 12.1. The molecule has 0 radical (unpaired) electrons. The number of carbonyl (C=O) groups excluding carboxylic acids is 1. The summed E-state index contributed by atoms with van der Waals surface area (Å²) in [5.41, 5.74) is 3.54. The first-order chi connectivity index (χ1) is 17.1. The lowest BCUT2D eigenvalue weighted by molar-refractivity contribution is 0.0729. The third-order valence-corrected chi connectivity index (χ3v) is 5.75. The molecular weight excluding hydrogens is 458 g/mol. The Morgan fingerprint density at radius 1 is 0.771 bits per heavy atom. The van der Waals surface area contributed by atoms with Crippen molar-refractivity contribution < 1.29 is 14.3 Å². The highest BCUT2D eigenvalue weighted by molar-refractivity contribution is 6.30. The summed E-state index contributed by atoms with van der Waals surface area (Å²) in [6.07, 6.45) is 0. The van der Waals surface area contributed by atoms with Gasteiger partial charge in [0.25, 0.3) is 5.91 Å². The van der Waals surface area contributed by atoms with Gasteiger partial charge in [-0.05, 0) is 54.4 Å². The van der Waals surface area contributed by atoms with E-state index in [-0.39, 0.29) is 12.5 Å². The number of amides is 1. The van der Waals surface area contributed by atoms with Crippen LogP contribution in [0.2, 0.25) is 5.02 Å². The van der Waals surface area contributed by atoms with E-state index in [2.05, 4.69) is 0 Å². The fraction of sp³-hybridized carbons (Fsp3) is 0.167. The summed E-state index contributed by atoms with van der Waals surface area (Å²) in [6, 6.07) is 32.8. The normalized spacial score (nSPS) is 10.6. The molecule has 0 aromatic heterocycles. The topological polar surface area (TPSA) is 38.8 Å². The van der Waals surface area contributed by atoms with Crippen LogP contribution in [0.15, 0.2) is 103 Å². The molecule has 4 nitrogen and oxygen atoms in total. The Morgan fingerprint density at radius 3 is 2.03 bits per heavy atom. The maximum absolute atomic E-state index is 13.7. The van der Waals surface area contributed by atoms with Crippen LogP contribution in [0.1, 0.15) is 34.0 Å². The van der Waals surface area contributed by atoms with Crippen LogP contribution >= 0.6 is 11.6 Å². The lowest BCUT2D eigenvalue weighted by atomic mass is 10.1. The highest BCUT2D eigenvalue weighted by Gasteiger charge is 2.19. The van der Waals surface area contributed by atoms with Crippen LogP contribution < -0.4 is 9.47 Å². The van der Waals surface area contributed by atoms with Crippen LogP contribution in [0.3, 0.4) is 0 Å². The van der Waals surface area contributed by atoms with Crippen molar-refractivity contribution in [2.75, 3.05) is 6.61 Å². The number of benzene rings is 4. The average molecular weight is 486 g/mol. The predicted molar refractivity (Wildman–Crippen MR) is 140 cm³/mol. The SMILES string of the molecule is CCOc1ccc(C(=O)N(Cc2ccccc2)Cc2ccccc2)cc1COc1cccc(Cl)c1. The Balaban J connectivity index is 1.60. The molecule has 4 aromatic rings. The van der Waals surface area contributed by atoms with Crippen molar-refractivity contribution in [1.82, 2.24) is 4.90 Å². The van der Waals surface area contributed by atoms with Crippen LogP contribution in [-0.2, 0) is 19.7 Å². The second-order valence-corrected chi connectivity index (χ2v) is 8.57. The van der Waals surface area contributed by atoms with Crippen LogP contribution in [0.25, 0.3) is 0 Å². The molecule has 1 amide bonds. The summed E-state index contributed by atoms with van der Waals surface area (Å²) in [4.78, 5) is 15.6. The number of nitrogens with zero attached hydrogens (tertiary/aromatic N) is 1. The zero-order valence-electron chi connectivity index (χ0n) is 19.7. The van der Waals surface area contributed by atoms with Gasteiger partial charge in [0.15, 0.2) is 0 Å². The first-order valence-corrected chi connectivity index (χ1v) is 12.0. The van der Waals surface area contributed by atoms with Crippen molar-refractivity contribution >= 4 is 17.5 Å². The molecule has 0 fully saturated rings. The van der Waals surface area contributed by atoms with Gasteiger partial charge in [-0.3, -0.25) is 4.79 Å². The highest BCUT2D eigenvalue weighted by Crippen LogP contribution is 2.25. The minimum atomic E-state index is -0.0511. The van der Waals surface area contributed by atoms with Crippen LogP contribution in [0.5, 0.6) is 11.5 Å². The van der Waals surface area contributed by atoms with Gasteiger partial charge < -0.3 is 14.4 Å². The van der Waals surface area contributed by atoms with Crippen LogP contribution in [-0.4, -0.2) is 17.4 Å². The Kier molecular flexibility index (Phi) is 8.42. The van der Waals surface area contributed by atoms with E-state index in [1.807, 2.05) is 103 Å². The van der Waals surface area contributed by atoms with Gasteiger partial charge in [-0.2, -0.15) is 0 Å². The van der Waals surface area contributed by atoms with Gasteiger partial charge in [-0.1, -0.05) is 78.3 Å².